The minimum Gasteiger partial charge on any atom is -0.475 e. The number of rotatable bonds is 4. The van der Waals surface area contributed by atoms with Crippen molar-refractivity contribution in [3.63, 3.8) is 0 Å². The van der Waals surface area contributed by atoms with Crippen LogP contribution in [0.15, 0.2) is 44.7 Å². The van der Waals surface area contributed by atoms with Crippen molar-refractivity contribution in [2.24, 2.45) is 0 Å². The first kappa shape index (κ1) is 13.1. The lowest BCUT2D eigenvalue weighted by Gasteiger charge is -1.99. The minimum absolute atomic E-state index is 0.206. The summed E-state index contributed by atoms with van der Waals surface area (Å²) < 4.78 is 18.1. The number of non-ortho nitro benzene ring substituents is 1. The maximum Gasteiger partial charge on any atom is 0.371 e. The molecule has 1 aromatic heterocycles. The van der Waals surface area contributed by atoms with Gasteiger partial charge in [0.2, 0.25) is 5.76 Å². The molecule has 0 aliphatic heterocycles. The number of nitrogens with zero attached hydrogens (tertiary/aromatic N) is 1. The van der Waals surface area contributed by atoms with E-state index in [9.17, 15) is 19.3 Å². The van der Waals surface area contributed by atoms with Crippen molar-refractivity contribution in [2.75, 3.05) is 0 Å². The van der Waals surface area contributed by atoms with E-state index < -0.39 is 16.7 Å². The molecule has 1 heterocycles. The summed E-state index contributed by atoms with van der Waals surface area (Å²) in [6, 6.07) is 5.72. The van der Waals surface area contributed by atoms with Crippen molar-refractivity contribution in [2.45, 2.75) is 9.99 Å². The first-order valence-corrected chi connectivity index (χ1v) is 5.73. The molecule has 0 atom stereocenters. The molecule has 98 valence electrons. The molecule has 0 saturated heterocycles. The Bertz CT molecular complexity index is 654. The zero-order valence-electron chi connectivity index (χ0n) is 9.20. The highest BCUT2D eigenvalue weighted by molar-refractivity contribution is 7.99. The van der Waals surface area contributed by atoms with Crippen LogP contribution in [0.5, 0.6) is 0 Å². The fourth-order valence-corrected chi connectivity index (χ4v) is 2.17. The molecule has 2 aromatic rings. The molecular formula is C11H6FNO5S. The van der Waals surface area contributed by atoms with Gasteiger partial charge in [0.25, 0.3) is 5.69 Å². The lowest BCUT2D eigenvalue weighted by molar-refractivity contribution is -0.385. The number of nitro benzene ring substituents is 1. The highest BCUT2D eigenvalue weighted by atomic mass is 32.2. The number of furan rings is 1. The predicted molar refractivity (Wildman–Crippen MR) is 62.8 cm³/mol. The first-order valence-electron chi connectivity index (χ1n) is 4.91. The van der Waals surface area contributed by atoms with E-state index in [0.717, 1.165) is 23.9 Å². The van der Waals surface area contributed by atoms with Gasteiger partial charge in [-0.05, 0) is 18.2 Å². The summed E-state index contributed by atoms with van der Waals surface area (Å²) in [7, 11) is 0. The molecule has 0 spiro atoms. The average Bonchev–Trinajstić information content (AvgIpc) is 2.76. The van der Waals surface area contributed by atoms with Gasteiger partial charge in [0, 0.05) is 11.0 Å². The molecule has 0 amide bonds. The molecule has 0 fully saturated rings. The molecule has 0 radical (unpaired) electrons. The summed E-state index contributed by atoms with van der Waals surface area (Å²) in [5, 5.41) is 19.5. The van der Waals surface area contributed by atoms with Gasteiger partial charge in [-0.15, -0.1) is 0 Å². The van der Waals surface area contributed by atoms with Gasteiger partial charge < -0.3 is 9.52 Å². The van der Waals surface area contributed by atoms with Crippen LogP contribution in [-0.4, -0.2) is 16.0 Å². The lowest BCUT2D eigenvalue weighted by Crippen LogP contribution is -1.91. The van der Waals surface area contributed by atoms with Gasteiger partial charge in [0.1, 0.15) is 5.82 Å². The van der Waals surface area contributed by atoms with E-state index in [4.69, 9.17) is 9.52 Å². The Labute approximate surface area is 110 Å². The van der Waals surface area contributed by atoms with E-state index in [1.54, 1.807) is 0 Å². The van der Waals surface area contributed by atoms with Crippen LogP contribution in [0.1, 0.15) is 10.6 Å². The molecule has 6 nitrogen and oxygen atoms in total. The van der Waals surface area contributed by atoms with Gasteiger partial charge in [-0.2, -0.15) is 0 Å². The van der Waals surface area contributed by atoms with Crippen molar-refractivity contribution < 1.29 is 23.6 Å². The summed E-state index contributed by atoms with van der Waals surface area (Å²) in [5.74, 6) is -2.23. The number of hydrogen-bond acceptors (Lipinski definition) is 5. The zero-order chi connectivity index (χ0) is 14.0. The molecule has 0 unspecified atom stereocenters. The normalized spacial score (nSPS) is 10.4. The fourth-order valence-electron chi connectivity index (χ4n) is 1.32. The van der Waals surface area contributed by atoms with Crippen molar-refractivity contribution in [1.82, 2.24) is 0 Å². The first-order chi connectivity index (χ1) is 8.95. The van der Waals surface area contributed by atoms with E-state index in [0.29, 0.717) is 0 Å². The van der Waals surface area contributed by atoms with Crippen molar-refractivity contribution in [3.8, 4) is 0 Å². The molecule has 0 aliphatic rings. The minimum atomic E-state index is -1.22. The third kappa shape index (κ3) is 3.10. The van der Waals surface area contributed by atoms with E-state index in [2.05, 4.69) is 0 Å². The second-order valence-electron chi connectivity index (χ2n) is 3.43. The summed E-state index contributed by atoms with van der Waals surface area (Å²) in [4.78, 5) is 20.7. The highest BCUT2D eigenvalue weighted by Gasteiger charge is 2.13. The number of carbonyl (C=O) groups is 1. The van der Waals surface area contributed by atoms with Crippen LogP contribution < -0.4 is 0 Å². The van der Waals surface area contributed by atoms with Crippen LogP contribution in [0, 0.1) is 15.9 Å². The molecule has 0 aliphatic carbocycles. The molecule has 0 saturated carbocycles. The summed E-state index contributed by atoms with van der Waals surface area (Å²) in [6.07, 6.45) is 0. The van der Waals surface area contributed by atoms with Gasteiger partial charge in [-0.3, -0.25) is 10.1 Å². The summed E-state index contributed by atoms with van der Waals surface area (Å²) >= 11 is 0.897. The highest BCUT2D eigenvalue weighted by Crippen LogP contribution is 2.32. The Balaban J connectivity index is 2.27. The Morgan fingerprint density at radius 3 is 2.68 bits per heavy atom. The Morgan fingerprint density at radius 2 is 2.11 bits per heavy atom. The van der Waals surface area contributed by atoms with E-state index >= 15 is 0 Å². The van der Waals surface area contributed by atoms with E-state index in [1.807, 2.05) is 0 Å². The van der Waals surface area contributed by atoms with Crippen LogP contribution >= 0.6 is 11.8 Å². The zero-order valence-corrected chi connectivity index (χ0v) is 10.0. The molecule has 2 rings (SSSR count). The Kier molecular flexibility index (Phi) is 3.52. The Morgan fingerprint density at radius 1 is 1.37 bits per heavy atom. The second kappa shape index (κ2) is 5.11. The van der Waals surface area contributed by atoms with Crippen molar-refractivity contribution >= 4 is 23.4 Å². The number of halogens is 1. The van der Waals surface area contributed by atoms with E-state index in [1.165, 1.54) is 18.2 Å². The fraction of sp³-hybridized carbons (Fsp3) is 0. The van der Waals surface area contributed by atoms with Crippen LogP contribution in [0.2, 0.25) is 0 Å². The van der Waals surface area contributed by atoms with Crippen LogP contribution in [0.25, 0.3) is 0 Å². The molecule has 1 aromatic carbocycles. The van der Waals surface area contributed by atoms with Crippen molar-refractivity contribution in [1.29, 1.82) is 0 Å². The predicted octanol–water partition coefficient (Wildman–Crippen LogP) is 3.18. The number of aromatic carboxylic acids is 1. The standard InChI is InChI=1S/C11H6FNO5S/c12-6-3-7(13(16)17)5-8(4-6)19-10-2-1-9(18-10)11(14)15/h1-5H,(H,14,15). The Hall–Kier alpha value is -2.35. The lowest BCUT2D eigenvalue weighted by atomic mass is 10.3. The monoisotopic (exact) mass is 283 g/mol. The maximum atomic E-state index is 13.2. The topological polar surface area (TPSA) is 93.6 Å². The third-order valence-corrected chi connectivity index (χ3v) is 2.97. The maximum absolute atomic E-state index is 13.2. The SMILES string of the molecule is O=C(O)c1ccc(Sc2cc(F)cc([N+](=O)[O-])c2)o1. The number of benzene rings is 1. The van der Waals surface area contributed by atoms with Crippen LogP contribution in [-0.2, 0) is 0 Å². The van der Waals surface area contributed by atoms with E-state index in [-0.39, 0.29) is 21.4 Å². The van der Waals surface area contributed by atoms with Gasteiger partial charge in [-0.1, -0.05) is 11.8 Å². The molecular weight excluding hydrogens is 277 g/mol. The van der Waals surface area contributed by atoms with Gasteiger partial charge >= 0.3 is 5.97 Å². The number of hydrogen-bond donors (Lipinski definition) is 1. The van der Waals surface area contributed by atoms with Gasteiger partial charge in [0.05, 0.1) is 11.0 Å². The van der Waals surface area contributed by atoms with Crippen LogP contribution in [0.3, 0.4) is 0 Å². The summed E-state index contributed by atoms with van der Waals surface area (Å²) in [6.45, 7) is 0. The summed E-state index contributed by atoms with van der Waals surface area (Å²) in [5.41, 5.74) is -0.382. The third-order valence-electron chi connectivity index (χ3n) is 2.08. The molecule has 19 heavy (non-hydrogen) atoms. The van der Waals surface area contributed by atoms with Gasteiger partial charge in [0.15, 0.2) is 5.09 Å². The molecule has 0 bridgehead atoms. The number of nitro groups is 1. The van der Waals surface area contributed by atoms with Crippen LogP contribution in [0.4, 0.5) is 10.1 Å². The number of carboxylic acid groups (broad SMARTS) is 1. The molecule has 8 heteroatoms. The largest absolute Gasteiger partial charge is 0.475 e. The van der Waals surface area contributed by atoms with Crippen molar-refractivity contribution in [3.05, 3.63) is 52.0 Å². The van der Waals surface area contributed by atoms with Gasteiger partial charge in [-0.25, -0.2) is 9.18 Å². The average molecular weight is 283 g/mol. The quantitative estimate of drug-likeness (QED) is 0.684. The molecule has 1 N–H and O–H groups in total. The number of carboxylic acids is 1. The smallest absolute Gasteiger partial charge is 0.371 e. The second-order valence-corrected chi connectivity index (χ2v) is 4.51.